The molecule has 0 unspecified atom stereocenters. The Morgan fingerprint density at radius 2 is 1.78 bits per heavy atom. The number of amides is 1. The lowest BCUT2D eigenvalue weighted by Gasteiger charge is -2.30. The average molecular weight is 351 g/mol. The molecule has 1 heterocycles. The van der Waals surface area contributed by atoms with Gasteiger partial charge in [-0.15, -0.1) is 0 Å². The van der Waals surface area contributed by atoms with Crippen LogP contribution in [-0.4, -0.2) is 23.9 Å². The van der Waals surface area contributed by atoms with Gasteiger partial charge in [0.1, 0.15) is 0 Å². The molecule has 0 spiro atoms. The summed E-state index contributed by atoms with van der Waals surface area (Å²) in [6, 6.07) is 3.33. The van der Waals surface area contributed by atoms with Crippen LogP contribution in [-0.2, 0) is 0 Å². The third kappa shape index (κ3) is 3.01. The van der Waals surface area contributed by atoms with Crippen molar-refractivity contribution >= 4 is 45.0 Å². The fourth-order valence-corrected chi connectivity index (χ4v) is 2.79. The largest absolute Gasteiger partial charge is 0.339 e. The van der Waals surface area contributed by atoms with E-state index in [0.717, 1.165) is 25.9 Å². The van der Waals surface area contributed by atoms with Crippen LogP contribution >= 0.6 is 39.1 Å². The number of hydrogen-bond donors (Lipinski definition) is 0. The Morgan fingerprint density at radius 1 is 1.28 bits per heavy atom. The Labute approximate surface area is 125 Å². The van der Waals surface area contributed by atoms with E-state index in [1.54, 1.807) is 12.1 Å². The van der Waals surface area contributed by atoms with Gasteiger partial charge in [0.2, 0.25) is 0 Å². The van der Waals surface area contributed by atoms with Gasteiger partial charge in [0.05, 0.1) is 14.5 Å². The van der Waals surface area contributed by atoms with E-state index in [1.807, 2.05) is 4.90 Å². The zero-order valence-corrected chi connectivity index (χ0v) is 13.1. The molecule has 0 saturated carbocycles. The van der Waals surface area contributed by atoms with Gasteiger partial charge in [0.25, 0.3) is 5.91 Å². The monoisotopic (exact) mass is 349 g/mol. The van der Waals surface area contributed by atoms with E-state index in [1.165, 1.54) is 0 Å². The van der Waals surface area contributed by atoms with Crippen LogP contribution in [0.1, 0.15) is 30.1 Å². The number of likely N-dealkylation sites (tertiary alicyclic amines) is 1. The first-order chi connectivity index (χ1) is 8.49. The lowest BCUT2D eigenvalue weighted by molar-refractivity contribution is 0.0697. The second-order valence-electron chi connectivity index (χ2n) is 4.73. The number of carbonyl (C=O) groups excluding carboxylic acids is 1. The quantitative estimate of drug-likeness (QED) is 0.676. The topological polar surface area (TPSA) is 20.3 Å². The van der Waals surface area contributed by atoms with Crippen molar-refractivity contribution in [1.82, 2.24) is 4.90 Å². The van der Waals surface area contributed by atoms with Crippen molar-refractivity contribution in [2.24, 2.45) is 5.92 Å². The zero-order valence-electron chi connectivity index (χ0n) is 10.0. The van der Waals surface area contributed by atoms with Gasteiger partial charge in [-0.1, -0.05) is 30.1 Å². The number of nitrogens with zero attached hydrogens (tertiary/aromatic N) is 1. The van der Waals surface area contributed by atoms with Gasteiger partial charge in [-0.25, -0.2) is 0 Å². The first-order valence-corrected chi connectivity index (χ1v) is 7.47. The molecule has 1 amide bonds. The second-order valence-corrected chi connectivity index (χ2v) is 6.34. The minimum absolute atomic E-state index is 0.0122. The molecule has 1 saturated heterocycles. The molecule has 0 radical (unpaired) electrons. The van der Waals surface area contributed by atoms with Gasteiger partial charge < -0.3 is 4.90 Å². The Balaban J connectivity index is 2.19. The minimum atomic E-state index is 0.0122. The molecule has 98 valence electrons. The molecule has 0 aromatic heterocycles. The molecular weight excluding hydrogens is 337 g/mol. The summed E-state index contributed by atoms with van der Waals surface area (Å²) in [4.78, 5) is 14.2. The molecule has 2 rings (SSSR count). The number of piperidine rings is 1. The highest BCUT2D eigenvalue weighted by Crippen LogP contribution is 2.32. The lowest BCUT2D eigenvalue weighted by atomic mass is 9.98. The molecule has 1 aromatic rings. The van der Waals surface area contributed by atoms with E-state index in [2.05, 4.69) is 22.9 Å². The third-order valence-corrected chi connectivity index (χ3v) is 5.21. The third-order valence-electron chi connectivity index (χ3n) is 3.30. The van der Waals surface area contributed by atoms with Gasteiger partial charge in [-0.3, -0.25) is 4.79 Å². The highest BCUT2D eigenvalue weighted by Gasteiger charge is 2.22. The van der Waals surface area contributed by atoms with Gasteiger partial charge >= 0.3 is 0 Å². The summed E-state index contributed by atoms with van der Waals surface area (Å²) in [6.07, 6.45) is 2.12. The standard InChI is InChI=1S/C13H14BrCl2NO/c1-8-2-4-17(5-3-8)13(18)9-6-10(15)12(14)11(16)7-9/h6-8H,2-5H2,1H3. The van der Waals surface area contributed by atoms with Crippen LogP contribution in [0.5, 0.6) is 0 Å². The Bertz CT molecular complexity index is 447. The summed E-state index contributed by atoms with van der Waals surface area (Å²) >= 11 is 15.3. The van der Waals surface area contributed by atoms with Crippen molar-refractivity contribution in [2.45, 2.75) is 19.8 Å². The summed E-state index contributed by atoms with van der Waals surface area (Å²) < 4.78 is 0.634. The molecule has 1 aromatic carbocycles. The molecule has 0 bridgehead atoms. The van der Waals surface area contributed by atoms with E-state index in [4.69, 9.17) is 23.2 Å². The Morgan fingerprint density at radius 3 is 2.28 bits per heavy atom. The fourth-order valence-electron chi connectivity index (χ4n) is 2.07. The van der Waals surface area contributed by atoms with E-state index in [9.17, 15) is 4.79 Å². The van der Waals surface area contributed by atoms with Crippen LogP contribution in [0, 0.1) is 5.92 Å². The SMILES string of the molecule is CC1CCN(C(=O)c2cc(Cl)c(Br)c(Cl)c2)CC1. The van der Waals surface area contributed by atoms with Crippen molar-refractivity contribution in [1.29, 1.82) is 0 Å². The highest BCUT2D eigenvalue weighted by atomic mass is 79.9. The molecule has 2 nitrogen and oxygen atoms in total. The van der Waals surface area contributed by atoms with Crippen LogP contribution in [0.15, 0.2) is 16.6 Å². The second kappa shape index (κ2) is 5.81. The van der Waals surface area contributed by atoms with Crippen LogP contribution < -0.4 is 0 Å². The van der Waals surface area contributed by atoms with Crippen LogP contribution in [0.2, 0.25) is 10.0 Å². The van der Waals surface area contributed by atoms with Crippen molar-refractivity contribution in [3.8, 4) is 0 Å². The fraction of sp³-hybridized carbons (Fsp3) is 0.462. The van der Waals surface area contributed by atoms with Crippen molar-refractivity contribution < 1.29 is 4.79 Å². The van der Waals surface area contributed by atoms with Crippen LogP contribution in [0.3, 0.4) is 0 Å². The van der Waals surface area contributed by atoms with Crippen molar-refractivity contribution in [2.75, 3.05) is 13.1 Å². The maximum absolute atomic E-state index is 12.3. The van der Waals surface area contributed by atoms with E-state index < -0.39 is 0 Å². The first kappa shape index (κ1) is 14.2. The van der Waals surface area contributed by atoms with Gasteiger partial charge in [0, 0.05) is 18.7 Å². The normalized spacial score (nSPS) is 17.0. The van der Waals surface area contributed by atoms with Crippen molar-refractivity contribution in [3.63, 3.8) is 0 Å². The number of halogens is 3. The van der Waals surface area contributed by atoms with E-state index in [-0.39, 0.29) is 5.91 Å². The van der Waals surface area contributed by atoms with E-state index in [0.29, 0.717) is 26.0 Å². The zero-order chi connectivity index (χ0) is 13.3. The predicted octanol–water partition coefficient (Wildman–Crippen LogP) is 4.63. The Kier molecular flexibility index (Phi) is 4.57. The number of benzene rings is 1. The van der Waals surface area contributed by atoms with Crippen LogP contribution in [0.4, 0.5) is 0 Å². The molecule has 1 aliphatic rings. The summed E-state index contributed by atoms with van der Waals surface area (Å²) in [6.45, 7) is 3.84. The average Bonchev–Trinajstić information content (AvgIpc) is 2.35. The molecule has 1 aliphatic heterocycles. The number of rotatable bonds is 1. The molecule has 1 fully saturated rings. The number of hydrogen-bond acceptors (Lipinski definition) is 1. The summed E-state index contributed by atoms with van der Waals surface area (Å²) in [7, 11) is 0. The Hall–Kier alpha value is -0.250. The molecule has 5 heteroatoms. The van der Waals surface area contributed by atoms with Crippen LogP contribution in [0.25, 0.3) is 0 Å². The smallest absolute Gasteiger partial charge is 0.253 e. The lowest BCUT2D eigenvalue weighted by Crippen LogP contribution is -2.37. The van der Waals surface area contributed by atoms with Gasteiger partial charge in [-0.2, -0.15) is 0 Å². The highest BCUT2D eigenvalue weighted by molar-refractivity contribution is 9.10. The van der Waals surface area contributed by atoms with Gasteiger partial charge in [0.15, 0.2) is 0 Å². The van der Waals surface area contributed by atoms with Gasteiger partial charge in [-0.05, 0) is 46.8 Å². The predicted molar refractivity (Wildman–Crippen MR) is 78.5 cm³/mol. The minimum Gasteiger partial charge on any atom is -0.339 e. The van der Waals surface area contributed by atoms with E-state index >= 15 is 0 Å². The molecule has 18 heavy (non-hydrogen) atoms. The number of carbonyl (C=O) groups is 1. The molecular formula is C13H14BrCl2NO. The molecule has 0 aliphatic carbocycles. The molecule has 0 atom stereocenters. The summed E-state index contributed by atoms with van der Waals surface area (Å²) in [5.74, 6) is 0.712. The maximum Gasteiger partial charge on any atom is 0.253 e. The summed E-state index contributed by atoms with van der Waals surface area (Å²) in [5, 5.41) is 0.937. The summed E-state index contributed by atoms with van der Waals surface area (Å²) in [5.41, 5.74) is 0.558. The maximum atomic E-state index is 12.3. The van der Waals surface area contributed by atoms with Crippen molar-refractivity contribution in [3.05, 3.63) is 32.2 Å². The first-order valence-electron chi connectivity index (χ1n) is 5.93. The molecule has 0 N–H and O–H groups in total.